The highest BCUT2D eigenvalue weighted by Crippen LogP contribution is 2.40. The molecule has 1 heterocycles. The molecule has 0 unspecified atom stereocenters. The van der Waals surface area contributed by atoms with Crippen LogP contribution in [-0.4, -0.2) is 29.7 Å². The van der Waals surface area contributed by atoms with Crippen LogP contribution in [0.15, 0.2) is 70.6 Å². The number of halogens is 1. The second-order valence-corrected chi connectivity index (χ2v) is 8.60. The highest BCUT2D eigenvalue weighted by Gasteiger charge is 2.20. The number of nitrogens with zero attached hydrogens (tertiary/aromatic N) is 1. The van der Waals surface area contributed by atoms with E-state index in [-0.39, 0.29) is 21.5 Å². The molecule has 0 saturated carbocycles. The first-order valence-electron chi connectivity index (χ1n) is 8.55. The number of rotatable bonds is 3. The van der Waals surface area contributed by atoms with Gasteiger partial charge in [0.25, 0.3) is 5.56 Å². The molecule has 0 radical (unpaired) electrons. The summed E-state index contributed by atoms with van der Waals surface area (Å²) in [5.41, 5.74) is 1.43. The van der Waals surface area contributed by atoms with Gasteiger partial charge in [0.15, 0.2) is 9.84 Å². The predicted octanol–water partition coefficient (Wildman–Crippen LogP) is 3.51. The summed E-state index contributed by atoms with van der Waals surface area (Å²) in [6.45, 7) is 0. The molecule has 146 valence electrons. The normalized spacial score (nSPS) is 11.7. The van der Waals surface area contributed by atoms with Crippen LogP contribution in [0.2, 0.25) is 0 Å². The number of benzene rings is 3. The molecule has 0 saturated heterocycles. The minimum absolute atomic E-state index is 0.0828. The van der Waals surface area contributed by atoms with Crippen molar-refractivity contribution < 1.29 is 17.9 Å². The van der Waals surface area contributed by atoms with Crippen LogP contribution in [0.25, 0.3) is 33.2 Å². The van der Waals surface area contributed by atoms with Crippen LogP contribution in [0.1, 0.15) is 0 Å². The van der Waals surface area contributed by atoms with Crippen molar-refractivity contribution >= 4 is 20.7 Å². The van der Waals surface area contributed by atoms with Gasteiger partial charge in [0.2, 0.25) is 0 Å². The van der Waals surface area contributed by atoms with E-state index in [1.54, 1.807) is 12.1 Å². The van der Waals surface area contributed by atoms with Crippen molar-refractivity contribution in [3.8, 4) is 28.0 Å². The van der Waals surface area contributed by atoms with E-state index in [2.05, 4.69) is 9.97 Å². The summed E-state index contributed by atoms with van der Waals surface area (Å²) in [5.74, 6) is -0.646. The quantitative estimate of drug-likeness (QED) is 0.538. The van der Waals surface area contributed by atoms with Gasteiger partial charge in [-0.2, -0.15) is 0 Å². The van der Waals surface area contributed by atoms with Crippen molar-refractivity contribution in [3.63, 3.8) is 0 Å². The van der Waals surface area contributed by atoms with Gasteiger partial charge in [0.05, 0.1) is 16.6 Å². The molecule has 8 heteroatoms. The van der Waals surface area contributed by atoms with Crippen LogP contribution in [0, 0.1) is 5.82 Å². The fraction of sp³-hybridized carbons (Fsp3) is 0.0476. The SMILES string of the molecule is CS(=O)(=O)c1cccc(-c2c(-c3ccc(F)cc3)cc(O)c3nc[nH]c(=O)c23)c1. The Labute approximate surface area is 165 Å². The van der Waals surface area contributed by atoms with Gasteiger partial charge in [-0.05, 0) is 47.0 Å². The lowest BCUT2D eigenvalue weighted by Gasteiger charge is -2.15. The number of sulfone groups is 1. The fourth-order valence-corrected chi connectivity index (χ4v) is 3.94. The van der Waals surface area contributed by atoms with Gasteiger partial charge < -0.3 is 10.1 Å². The van der Waals surface area contributed by atoms with Gasteiger partial charge >= 0.3 is 0 Å². The smallest absolute Gasteiger partial charge is 0.259 e. The number of fused-ring (bicyclic) bond motifs is 1. The molecule has 4 aromatic rings. The van der Waals surface area contributed by atoms with E-state index in [4.69, 9.17) is 0 Å². The molecule has 0 fully saturated rings. The van der Waals surface area contributed by atoms with E-state index >= 15 is 0 Å². The van der Waals surface area contributed by atoms with E-state index in [9.17, 15) is 22.7 Å². The van der Waals surface area contributed by atoms with Gasteiger partial charge in [-0.15, -0.1) is 0 Å². The van der Waals surface area contributed by atoms with Gasteiger partial charge in [-0.3, -0.25) is 4.79 Å². The van der Waals surface area contributed by atoms with Crippen LogP contribution in [0.4, 0.5) is 4.39 Å². The third-order valence-corrected chi connectivity index (χ3v) is 5.71. The summed E-state index contributed by atoms with van der Waals surface area (Å²) in [6.07, 6.45) is 2.27. The number of aromatic nitrogens is 2. The summed E-state index contributed by atoms with van der Waals surface area (Å²) >= 11 is 0. The first kappa shape index (κ1) is 18.8. The van der Waals surface area contributed by atoms with Crippen molar-refractivity contribution in [2.75, 3.05) is 6.26 Å². The van der Waals surface area contributed by atoms with Crippen LogP contribution < -0.4 is 5.56 Å². The summed E-state index contributed by atoms with van der Waals surface area (Å²) in [7, 11) is -3.49. The maximum absolute atomic E-state index is 13.4. The predicted molar refractivity (Wildman–Crippen MR) is 108 cm³/mol. The Bertz CT molecular complexity index is 1410. The molecule has 6 nitrogen and oxygen atoms in total. The highest BCUT2D eigenvalue weighted by molar-refractivity contribution is 7.90. The van der Waals surface area contributed by atoms with Crippen LogP contribution in [0.5, 0.6) is 5.75 Å². The molecule has 0 aliphatic heterocycles. The number of phenolic OH excluding ortho intramolecular Hbond substituents is 1. The summed E-state index contributed by atoms with van der Waals surface area (Å²) in [6, 6.07) is 13.2. The molecule has 0 amide bonds. The Morgan fingerprint density at radius 3 is 2.45 bits per heavy atom. The zero-order valence-electron chi connectivity index (χ0n) is 15.2. The molecule has 0 atom stereocenters. The number of phenols is 1. The molecular formula is C21H15FN2O4S. The lowest BCUT2D eigenvalue weighted by molar-refractivity contribution is 0.480. The van der Waals surface area contributed by atoms with Crippen LogP contribution in [0.3, 0.4) is 0 Å². The van der Waals surface area contributed by atoms with Crippen molar-refractivity contribution in [2.45, 2.75) is 4.90 Å². The van der Waals surface area contributed by atoms with E-state index in [1.807, 2.05) is 0 Å². The van der Waals surface area contributed by atoms with Crippen molar-refractivity contribution in [3.05, 3.63) is 77.1 Å². The molecule has 0 spiro atoms. The zero-order valence-corrected chi connectivity index (χ0v) is 16.0. The number of aromatic amines is 1. The number of aromatic hydroxyl groups is 1. The molecule has 2 N–H and O–H groups in total. The second-order valence-electron chi connectivity index (χ2n) is 6.58. The summed E-state index contributed by atoms with van der Waals surface area (Å²) < 4.78 is 37.5. The Morgan fingerprint density at radius 1 is 1.03 bits per heavy atom. The maximum Gasteiger partial charge on any atom is 0.259 e. The zero-order chi connectivity index (χ0) is 20.8. The Hall–Kier alpha value is -3.52. The molecule has 0 aliphatic rings. The average molecular weight is 410 g/mol. The second kappa shape index (κ2) is 6.82. The number of hydrogen-bond donors (Lipinski definition) is 2. The van der Waals surface area contributed by atoms with Gasteiger partial charge in [0.1, 0.15) is 17.1 Å². The molecule has 3 aromatic carbocycles. The number of H-pyrrole nitrogens is 1. The number of hydrogen-bond acceptors (Lipinski definition) is 5. The molecule has 0 aliphatic carbocycles. The topological polar surface area (TPSA) is 100 Å². The standard InChI is InChI=1S/C21H15FN2O4S/c1-29(27,28)15-4-2-3-13(9-15)18-16(12-5-7-14(22)8-6-12)10-17(25)20-19(18)21(26)24-11-23-20/h2-11,25H,1H3,(H,23,24,26). The Balaban J connectivity index is 2.17. The fourth-order valence-electron chi connectivity index (χ4n) is 3.28. The van der Waals surface area contributed by atoms with Crippen molar-refractivity contribution in [1.29, 1.82) is 0 Å². The summed E-state index contributed by atoms with van der Waals surface area (Å²) in [4.78, 5) is 19.3. The Kier molecular flexibility index (Phi) is 4.43. The third-order valence-electron chi connectivity index (χ3n) is 4.60. The number of nitrogens with one attached hydrogen (secondary N) is 1. The van der Waals surface area contributed by atoms with Crippen LogP contribution in [-0.2, 0) is 9.84 Å². The molecule has 4 rings (SSSR count). The first-order chi connectivity index (χ1) is 13.8. The molecule has 29 heavy (non-hydrogen) atoms. The first-order valence-corrected chi connectivity index (χ1v) is 10.4. The largest absolute Gasteiger partial charge is 0.506 e. The lowest BCUT2D eigenvalue weighted by atomic mass is 9.91. The van der Waals surface area contributed by atoms with Gasteiger partial charge in [0, 0.05) is 11.8 Å². The van der Waals surface area contributed by atoms with Gasteiger partial charge in [-0.25, -0.2) is 17.8 Å². The lowest BCUT2D eigenvalue weighted by Crippen LogP contribution is -2.09. The van der Waals surface area contributed by atoms with E-state index in [0.717, 1.165) is 6.26 Å². The Morgan fingerprint density at radius 2 is 1.76 bits per heavy atom. The van der Waals surface area contributed by atoms with Gasteiger partial charge in [-0.1, -0.05) is 24.3 Å². The van der Waals surface area contributed by atoms with Crippen LogP contribution >= 0.6 is 0 Å². The van der Waals surface area contributed by atoms with E-state index < -0.39 is 21.2 Å². The third kappa shape index (κ3) is 3.38. The molecule has 0 bridgehead atoms. The molecule has 1 aromatic heterocycles. The average Bonchev–Trinajstić information content (AvgIpc) is 2.68. The van der Waals surface area contributed by atoms with Crippen molar-refractivity contribution in [1.82, 2.24) is 9.97 Å². The summed E-state index contributed by atoms with van der Waals surface area (Å²) in [5, 5.41) is 10.6. The minimum atomic E-state index is -3.49. The monoisotopic (exact) mass is 410 g/mol. The molecular weight excluding hydrogens is 395 g/mol. The highest BCUT2D eigenvalue weighted by atomic mass is 32.2. The van der Waals surface area contributed by atoms with Crippen molar-refractivity contribution in [2.24, 2.45) is 0 Å². The minimum Gasteiger partial charge on any atom is -0.506 e. The maximum atomic E-state index is 13.4. The van der Waals surface area contributed by atoms with E-state index in [1.165, 1.54) is 48.8 Å². The van der Waals surface area contributed by atoms with E-state index in [0.29, 0.717) is 22.3 Å².